The van der Waals surface area contributed by atoms with Crippen LogP contribution in [0.3, 0.4) is 0 Å². The number of hydrogen-bond donors (Lipinski definition) is 1. The van der Waals surface area contributed by atoms with Crippen LogP contribution in [0.5, 0.6) is 0 Å². The Kier molecular flexibility index (Phi) is 2.58. The monoisotopic (exact) mass is 310 g/mol. The molecule has 0 heterocycles. The zero-order valence-corrected chi connectivity index (χ0v) is 11.6. The molecule has 0 aromatic carbocycles. The predicted octanol–water partition coefficient (Wildman–Crippen LogP) is 1.64. The molecule has 0 spiro atoms. The Morgan fingerprint density at radius 1 is 1.50 bits per heavy atom. The maximum absolute atomic E-state index is 12.2. The van der Waals surface area contributed by atoms with Crippen molar-refractivity contribution in [2.24, 2.45) is 16.7 Å². The van der Waals surface area contributed by atoms with Crippen LogP contribution in [0.15, 0.2) is 0 Å². The average molecular weight is 311 g/mol. The molecule has 0 amide bonds. The van der Waals surface area contributed by atoms with Crippen LogP contribution in [0.1, 0.15) is 26.7 Å². The molecule has 0 saturated heterocycles. The number of rotatable bonds is 2. The Balaban J connectivity index is 2.50. The molecule has 0 aromatic heterocycles. The molecule has 2 fully saturated rings. The second-order valence-corrected chi connectivity index (χ2v) is 7.88. The lowest BCUT2D eigenvalue weighted by Crippen LogP contribution is -2.43. The van der Waals surface area contributed by atoms with E-state index >= 15 is 0 Å². The van der Waals surface area contributed by atoms with E-state index in [0.717, 1.165) is 6.42 Å². The molecule has 3 atom stereocenters. The Hall–Kier alpha value is 0.0600. The van der Waals surface area contributed by atoms with Gasteiger partial charge in [0.2, 0.25) is 0 Å². The summed E-state index contributed by atoms with van der Waals surface area (Å²) in [4.78, 5) is 11.9. The van der Waals surface area contributed by atoms with Crippen molar-refractivity contribution in [3.63, 3.8) is 0 Å². The van der Waals surface area contributed by atoms with Crippen LogP contribution in [0.2, 0.25) is 0 Å². The molecule has 2 saturated carbocycles. The van der Waals surface area contributed by atoms with Crippen LogP contribution < -0.4 is 0 Å². The van der Waals surface area contributed by atoms with Gasteiger partial charge in [0.1, 0.15) is 0 Å². The highest BCUT2D eigenvalue weighted by molar-refractivity contribution is 9.10. The van der Waals surface area contributed by atoms with Gasteiger partial charge in [-0.15, -0.1) is 0 Å². The minimum atomic E-state index is -4.12. The SMILES string of the molecule is CC1(C)C2CCC1(CS(=O)(=O)O)C(=O)[C@@H]2Br. The maximum Gasteiger partial charge on any atom is 0.265 e. The van der Waals surface area contributed by atoms with E-state index in [2.05, 4.69) is 15.9 Å². The number of carbonyl (C=O) groups excluding carboxylic acids is 1. The fourth-order valence-corrected chi connectivity index (χ4v) is 6.12. The summed E-state index contributed by atoms with van der Waals surface area (Å²) in [6.07, 6.45) is 1.40. The number of Topliss-reactive ketones (excluding diaryl/α,β-unsaturated/α-hetero) is 1. The molecule has 4 nitrogen and oxygen atoms in total. The molecule has 0 aliphatic heterocycles. The highest BCUT2D eigenvalue weighted by Crippen LogP contribution is 2.65. The normalized spacial score (nSPS) is 41.6. The third kappa shape index (κ3) is 1.42. The Bertz CT molecular complexity index is 442. The standard InChI is InChI=1S/C10H15BrO4S/c1-9(2)6-3-4-10(9,5-16(13,14)15)8(12)7(6)11/h6-7H,3-5H2,1-2H3,(H,13,14,15)/t6?,7-,10?/m1/s1. The minimum Gasteiger partial charge on any atom is -0.298 e. The molecule has 2 bridgehead atoms. The number of carbonyl (C=O) groups is 1. The summed E-state index contributed by atoms with van der Waals surface area (Å²) in [5.41, 5.74) is -1.27. The van der Waals surface area contributed by atoms with Crippen molar-refractivity contribution in [1.29, 1.82) is 0 Å². The van der Waals surface area contributed by atoms with Crippen LogP contribution in [-0.2, 0) is 14.9 Å². The van der Waals surface area contributed by atoms with Gasteiger partial charge in [-0.25, -0.2) is 0 Å². The van der Waals surface area contributed by atoms with E-state index in [0.29, 0.717) is 6.42 Å². The van der Waals surface area contributed by atoms with Gasteiger partial charge in [-0.1, -0.05) is 29.8 Å². The molecular weight excluding hydrogens is 296 g/mol. The van der Waals surface area contributed by atoms with Crippen molar-refractivity contribution in [2.75, 3.05) is 5.75 Å². The fourth-order valence-electron chi connectivity index (χ4n) is 3.48. The number of hydrogen-bond acceptors (Lipinski definition) is 3. The first-order valence-electron chi connectivity index (χ1n) is 5.25. The molecule has 16 heavy (non-hydrogen) atoms. The third-order valence-corrected chi connectivity index (χ3v) is 6.46. The first-order valence-corrected chi connectivity index (χ1v) is 7.78. The van der Waals surface area contributed by atoms with Crippen LogP contribution in [0.25, 0.3) is 0 Å². The van der Waals surface area contributed by atoms with E-state index in [4.69, 9.17) is 4.55 Å². The van der Waals surface area contributed by atoms with E-state index < -0.39 is 21.3 Å². The van der Waals surface area contributed by atoms with Gasteiger partial charge in [-0.2, -0.15) is 8.42 Å². The lowest BCUT2D eigenvalue weighted by atomic mass is 9.70. The summed E-state index contributed by atoms with van der Waals surface area (Å²) in [6.45, 7) is 3.85. The van der Waals surface area contributed by atoms with Crippen molar-refractivity contribution in [3.8, 4) is 0 Å². The van der Waals surface area contributed by atoms with Gasteiger partial charge >= 0.3 is 0 Å². The van der Waals surface area contributed by atoms with Crippen molar-refractivity contribution >= 4 is 31.8 Å². The lowest BCUT2D eigenvalue weighted by molar-refractivity contribution is -0.127. The Morgan fingerprint density at radius 2 is 2.06 bits per heavy atom. The van der Waals surface area contributed by atoms with Gasteiger partial charge in [0.05, 0.1) is 16.0 Å². The van der Waals surface area contributed by atoms with Crippen LogP contribution in [0.4, 0.5) is 0 Å². The van der Waals surface area contributed by atoms with E-state index in [1.165, 1.54) is 0 Å². The molecular formula is C10H15BrO4S. The van der Waals surface area contributed by atoms with E-state index in [1.807, 2.05) is 13.8 Å². The van der Waals surface area contributed by atoms with Gasteiger partial charge in [0.25, 0.3) is 10.1 Å². The first-order chi connectivity index (χ1) is 7.12. The van der Waals surface area contributed by atoms with Gasteiger partial charge in [0, 0.05) is 0 Å². The molecule has 2 unspecified atom stereocenters. The number of ketones is 1. The zero-order valence-electron chi connectivity index (χ0n) is 9.23. The van der Waals surface area contributed by atoms with Crippen molar-refractivity contribution < 1.29 is 17.8 Å². The highest BCUT2D eigenvalue weighted by atomic mass is 79.9. The Morgan fingerprint density at radius 3 is 2.44 bits per heavy atom. The summed E-state index contributed by atoms with van der Waals surface area (Å²) in [7, 11) is -4.12. The first kappa shape index (κ1) is 12.5. The van der Waals surface area contributed by atoms with E-state index in [1.54, 1.807) is 0 Å². The summed E-state index contributed by atoms with van der Waals surface area (Å²) in [5.74, 6) is -0.335. The molecule has 2 aliphatic rings. The quantitative estimate of drug-likeness (QED) is 0.622. The highest BCUT2D eigenvalue weighted by Gasteiger charge is 2.69. The second kappa shape index (κ2) is 3.29. The van der Waals surface area contributed by atoms with Crippen molar-refractivity contribution in [1.82, 2.24) is 0 Å². The summed E-state index contributed by atoms with van der Waals surface area (Å²) < 4.78 is 31.2. The Labute approximate surface area is 104 Å². The zero-order chi connectivity index (χ0) is 12.4. The molecule has 0 aromatic rings. The average Bonchev–Trinajstić information content (AvgIpc) is 2.39. The van der Waals surface area contributed by atoms with Gasteiger partial charge in [-0.3, -0.25) is 9.35 Å². The second-order valence-electron chi connectivity index (χ2n) is 5.44. The number of fused-ring (bicyclic) bond motifs is 2. The maximum atomic E-state index is 12.2. The van der Waals surface area contributed by atoms with E-state index in [9.17, 15) is 13.2 Å². The molecule has 6 heteroatoms. The third-order valence-electron chi connectivity index (χ3n) is 4.55. The number of alkyl halides is 1. The topological polar surface area (TPSA) is 71.4 Å². The summed E-state index contributed by atoms with van der Waals surface area (Å²) in [5, 5.41) is 0. The molecule has 0 radical (unpaired) electrons. The predicted molar refractivity (Wildman–Crippen MR) is 63.1 cm³/mol. The van der Waals surface area contributed by atoms with Crippen LogP contribution in [0, 0.1) is 16.7 Å². The molecule has 92 valence electrons. The molecule has 2 aliphatic carbocycles. The van der Waals surface area contributed by atoms with Crippen molar-refractivity contribution in [2.45, 2.75) is 31.5 Å². The number of halogens is 1. The summed E-state index contributed by atoms with van der Waals surface area (Å²) in [6, 6.07) is 0. The van der Waals surface area contributed by atoms with Crippen LogP contribution in [-0.4, -0.2) is 29.3 Å². The lowest BCUT2D eigenvalue weighted by Gasteiger charge is -2.35. The summed E-state index contributed by atoms with van der Waals surface area (Å²) >= 11 is 3.35. The largest absolute Gasteiger partial charge is 0.298 e. The minimum absolute atomic E-state index is 0.0635. The van der Waals surface area contributed by atoms with Crippen molar-refractivity contribution in [3.05, 3.63) is 0 Å². The fraction of sp³-hybridized carbons (Fsp3) is 0.900. The van der Waals surface area contributed by atoms with Gasteiger partial charge in [0.15, 0.2) is 5.78 Å². The van der Waals surface area contributed by atoms with Gasteiger partial charge < -0.3 is 0 Å². The molecule has 1 N–H and O–H groups in total. The van der Waals surface area contributed by atoms with E-state index in [-0.39, 0.29) is 21.9 Å². The smallest absolute Gasteiger partial charge is 0.265 e. The van der Waals surface area contributed by atoms with Gasteiger partial charge in [-0.05, 0) is 24.2 Å². The van der Waals surface area contributed by atoms with Crippen LogP contribution >= 0.6 is 15.9 Å². The molecule has 2 rings (SSSR count).